The van der Waals surface area contributed by atoms with E-state index in [-0.39, 0.29) is 18.1 Å². The predicted octanol–water partition coefficient (Wildman–Crippen LogP) is 3.17. The molecule has 0 radical (unpaired) electrons. The lowest BCUT2D eigenvalue weighted by atomic mass is 9.99. The summed E-state index contributed by atoms with van der Waals surface area (Å²) in [6, 6.07) is 6.16. The van der Waals surface area contributed by atoms with Gasteiger partial charge >= 0.3 is 5.97 Å². The van der Waals surface area contributed by atoms with Gasteiger partial charge in [0.2, 0.25) is 0 Å². The molecule has 2 rings (SSSR count). The number of benzene rings is 1. The molecule has 0 aliphatic carbocycles. The number of Topliss-reactive ketones (excluding diaryl/α,β-unsaturated/α-hetero) is 1. The van der Waals surface area contributed by atoms with Gasteiger partial charge in [0.15, 0.2) is 0 Å². The number of carboxylic acids is 1. The molecule has 7 heteroatoms. The molecule has 0 saturated heterocycles. The average molecular weight is 392 g/mol. The second-order valence-electron chi connectivity index (χ2n) is 7.20. The number of ketones is 1. The summed E-state index contributed by atoms with van der Waals surface area (Å²) in [7, 11) is 0. The smallest absolute Gasteiger partial charge is 0.321 e. The monoisotopic (exact) mass is 391 g/mol. The van der Waals surface area contributed by atoms with Gasteiger partial charge in [-0.1, -0.05) is 37.6 Å². The van der Waals surface area contributed by atoms with Gasteiger partial charge in [0.05, 0.1) is 12.4 Å². The number of imidazole rings is 1. The lowest BCUT2D eigenvalue weighted by molar-refractivity contribution is -0.139. The van der Waals surface area contributed by atoms with E-state index in [4.69, 9.17) is 11.6 Å². The molecule has 1 heterocycles. The maximum atomic E-state index is 11.9. The quantitative estimate of drug-likeness (QED) is 0.649. The number of carbonyl (C=O) groups is 2. The standard InChI is InChI=1S/C20H26ClN3O3/c1-13(2)7-18(14(3)25)23-19(20(26)27)9-17-10-22-12-24(17)11-15-5-4-6-16(21)8-15/h4-6,8,10,12-13,18-19,23H,7,9,11H2,1-3H3,(H,26,27)/t18?,19-/m0/s1. The molecule has 2 aromatic rings. The van der Waals surface area contributed by atoms with Crippen LogP contribution in [-0.2, 0) is 22.6 Å². The Labute approximate surface area is 164 Å². The lowest BCUT2D eigenvalue weighted by Gasteiger charge is -2.23. The first-order valence-corrected chi connectivity index (χ1v) is 9.36. The van der Waals surface area contributed by atoms with Crippen LogP contribution in [0.2, 0.25) is 5.02 Å². The van der Waals surface area contributed by atoms with E-state index >= 15 is 0 Å². The summed E-state index contributed by atoms with van der Waals surface area (Å²) in [6.07, 6.45) is 4.16. The molecule has 0 bridgehead atoms. The molecular weight excluding hydrogens is 366 g/mol. The first-order valence-electron chi connectivity index (χ1n) is 8.99. The SMILES string of the molecule is CC(=O)C(CC(C)C)N[C@@H](Cc1cncn1Cc1cccc(Cl)c1)C(=O)O. The fourth-order valence-electron chi connectivity index (χ4n) is 2.98. The minimum atomic E-state index is -0.986. The topological polar surface area (TPSA) is 84.2 Å². The van der Waals surface area contributed by atoms with E-state index in [1.807, 2.05) is 36.6 Å². The molecule has 2 atom stereocenters. The van der Waals surface area contributed by atoms with Crippen LogP contribution in [0.4, 0.5) is 0 Å². The molecule has 0 aliphatic heterocycles. The van der Waals surface area contributed by atoms with Crippen molar-refractivity contribution in [1.82, 2.24) is 14.9 Å². The highest BCUT2D eigenvalue weighted by Crippen LogP contribution is 2.14. The van der Waals surface area contributed by atoms with Crippen LogP contribution in [0.25, 0.3) is 0 Å². The third-order valence-corrected chi connectivity index (χ3v) is 4.59. The van der Waals surface area contributed by atoms with E-state index < -0.39 is 18.1 Å². The van der Waals surface area contributed by atoms with E-state index in [1.54, 1.807) is 18.6 Å². The maximum absolute atomic E-state index is 11.9. The highest BCUT2D eigenvalue weighted by molar-refractivity contribution is 6.30. The Morgan fingerprint density at radius 1 is 1.30 bits per heavy atom. The molecular formula is C20H26ClN3O3. The third-order valence-electron chi connectivity index (χ3n) is 4.35. The second kappa shape index (κ2) is 9.67. The van der Waals surface area contributed by atoms with Crippen LogP contribution in [-0.4, -0.2) is 38.5 Å². The van der Waals surface area contributed by atoms with Crippen molar-refractivity contribution in [3.05, 3.63) is 53.1 Å². The summed E-state index contributed by atoms with van der Waals surface area (Å²) in [5.41, 5.74) is 1.78. The molecule has 2 N–H and O–H groups in total. The van der Waals surface area contributed by atoms with E-state index in [9.17, 15) is 14.7 Å². The molecule has 0 spiro atoms. The number of rotatable bonds is 10. The van der Waals surface area contributed by atoms with Crippen molar-refractivity contribution in [1.29, 1.82) is 0 Å². The summed E-state index contributed by atoms with van der Waals surface area (Å²) >= 11 is 6.03. The Kier molecular flexibility index (Phi) is 7.56. The lowest BCUT2D eigenvalue weighted by Crippen LogP contribution is -2.48. The molecule has 1 unspecified atom stereocenters. The van der Waals surface area contributed by atoms with Crippen molar-refractivity contribution in [3.63, 3.8) is 0 Å². The van der Waals surface area contributed by atoms with E-state index in [0.29, 0.717) is 18.0 Å². The fraction of sp³-hybridized carbons (Fsp3) is 0.450. The van der Waals surface area contributed by atoms with Crippen LogP contribution in [0, 0.1) is 5.92 Å². The molecule has 0 amide bonds. The highest BCUT2D eigenvalue weighted by Gasteiger charge is 2.26. The van der Waals surface area contributed by atoms with Gasteiger partial charge in [0.1, 0.15) is 11.8 Å². The average Bonchev–Trinajstić information content (AvgIpc) is 2.99. The van der Waals surface area contributed by atoms with Crippen molar-refractivity contribution in [2.75, 3.05) is 0 Å². The fourth-order valence-corrected chi connectivity index (χ4v) is 3.20. The van der Waals surface area contributed by atoms with Crippen molar-refractivity contribution in [3.8, 4) is 0 Å². The van der Waals surface area contributed by atoms with Gasteiger partial charge in [-0.3, -0.25) is 14.9 Å². The zero-order chi connectivity index (χ0) is 20.0. The molecule has 0 fully saturated rings. The van der Waals surface area contributed by atoms with Gasteiger partial charge in [-0.15, -0.1) is 0 Å². The number of aliphatic carboxylic acids is 1. The van der Waals surface area contributed by atoms with Crippen molar-refractivity contribution in [2.24, 2.45) is 5.92 Å². The molecule has 146 valence electrons. The summed E-state index contributed by atoms with van der Waals surface area (Å²) in [4.78, 5) is 27.8. The van der Waals surface area contributed by atoms with Gasteiger partial charge in [0.25, 0.3) is 0 Å². The minimum Gasteiger partial charge on any atom is -0.480 e. The van der Waals surface area contributed by atoms with Crippen LogP contribution >= 0.6 is 11.6 Å². The van der Waals surface area contributed by atoms with Gasteiger partial charge < -0.3 is 9.67 Å². The van der Waals surface area contributed by atoms with Crippen LogP contribution in [0.5, 0.6) is 0 Å². The number of nitrogens with zero attached hydrogens (tertiary/aromatic N) is 2. The second-order valence-corrected chi connectivity index (χ2v) is 7.63. The van der Waals surface area contributed by atoms with Gasteiger partial charge in [-0.25, -0.2) is 4.98 Å². The molecule has 1 aromatic heterocycles. The minimum absolute atomic E-state index is 0.0533. The zero-order valence-electron chi connectivity index (χ0n) is 15.9. The van der Waals surface area contributed by atoms with Crippen LogP contribution in [0.3, 0.4) is 0 Å². The molecule has 27 heavy (non-hydrogen) atoms. The number of aromatic nitrogens is 2. The Balaban J connectivity index is 2.14. The summed E-state index contributed by atoms with van der Waals surface area (Å²) in [6.45, 7) is 6.05. The summed E-state index contributed by atoms with van der Waals surface area (Å²) < 4.78 is 1.90. The number of halogens is 1. The van der Waals surface area contributed by atoms with Gasteiger partial charge in [-0.05, 0) is 37.0 Å². The van der Waals surface area contributed by atoms with Crippen molar-refractivity contribution >= 4 is 23.4 Å². The molecule has 1 aromatic carbocycles. The van der Waals surface area contributed by atoms with Gasteiger partial charge in [0, 0.05) is 29.9 Å². The van der Waals surface area contributed by atoms with Crippen LogP contribution < -0.4 is 5.32 Å². The van der Waals surface area contributed by atoms with Crippen LogP contribution in [0.15, 0.2) is 36.8 Å². The summed E-state index contributed by atoms with van der Waals surface area (Å²) in [5, 5.41) is 13.3. The first-order chi connectivity index (χ1) is 12.8. The Morgan fingerprint density at radius 2 is 2.04 bits per heavy atom. The maximum Gasteiger partial charge on any atom is 0.321 e. The number of carboxylic acid groups (broad SMARTS) is 1. The highest BCUT2D eigenvalue weighted by atomic mass is 35.5. The number of hydrogen-bond donors (Lipinski definition) is 2. The normalized spacial score (nSPS) is 13.5. The van der Waals surface area contributed by atoms with Crippen LogP contribution in [0.1, 0.15) is 38.4 Å². The van der Waals surface area contributed by atoms with Gasteiger partial charge in [-0.2, -0.15) is 0 Å². The Hall–Kier alpha value is -2.18. The summed E-state index contributed by atoms with van der Waals surface area (Å²) in [5.74, 6) is -0.753. The Morgan fingerprint density at radius 3 is 2.63 bits per heavy atom. The van der Waals surface area contributed by atoms with E-state index in [0.717, 1.165) is 11.3 Å². The Bertz CT molecular complexity index is 788. The van der Waals surface area contributed by atoms with E-state index in [1.165, 1.54) is 6.92 Å². The molecule has 0 aliphatic rings. The van der Waals surface area contributed by atoms with Crippen molar-refractivity contribution < 1.29 is 14.7 Å². The van der Waals surface area contributed by atoms with E-state index in [2.05, 4.69) is 10.3 Å². The number of hydrogen-bond acceptors (Lipinski definition) is 4. The predicted molar refractivity (Wildman–Crippen MR) is 105 cm³/mol. The first kappa shape index (κ1) is 21.1. The molecule has 0 saturated carbocycles. The zero-order valence-corrected chi connectivity index (χ0v) is 16.6. The number of carbonyl (C=O) groups excluding carboxylic acids is 1. The van der Waals surface area contributed by atoms with Crippen molar-refractivity contribution in [2.45, 2.75) is 52.2 Å². The largest absolute Gasteiger partial charge is 0.480 e. The molecule has 6 nitrogen and oxygen atoms in total. The number of nitrogens with one attached hydrogen (secondary N) is 1. The third kappa shape index (κ3) is 6.48.